The van der Waals surface area contributed by atoms with E-state index in [1.54, 1.807) is 58.0 Å². The van der Waals surface area contributed by atoms with Crippen molar-refractivity contribution >= 4 is 17.8 Å². The molecule has 0 unspecified atom stereocenters. The number of methoxy groups -OCH3 is 1. The van der Waals surface area contributed by atoms with Crippen LogP contribution in [-0.2, 0) is 39.8 Å². The molecule has 3 atom stereocenters. The van der Waals surface area contributed by atoms with Crippen LogP contribution < -0.4 is 10.1 Å². The number of halogens is 1. The van der Waals surface area contributed by atoms with Gasteiger partial charge in [-0.05, 0) is 77.5 Å². The summed E-state index contributed by atoms with van der Waals surface area (Å²) in [5.41, 5.74) is -0.0697. The van der Waals surface area contributed by atoms with Crippen molar-refractivity contribution in [1.29, 1.82) is 0 Å². The van der Waals surface area contributed by atoms with Gasteiger partial charge in [0.15, 0.2) is 5.79 Å². The molecule has 1 aliphatic rings. The maximum Gasteiger partial charge on any atom is 0.328 e. The molecule has 1 amide bonds. The Bertz CT molecular complexity index is 1270. The Morgan fingerprint density at radius 2 is 1.60 bits per heavy atom. The van der Waals surface area contributed by atoms with Gasteiger partial charge in [0.1, 0.15) is 24.0 Å². The molecule has 0 bridgehead atoms. The summed E-state index contributed by atoms with van der Waals surface area (Å²) in [6.45, 7) is 9.88. The Balaban J connectivity index is 2.07. The van der Waals surface area contributed by atoms with Crippen LogP contribution in [0.3, 0.4) is 0 Å². The summed E-state index contributed by atoms with van der Waals surface area (Å²) >= 11 is 0. The molecular weight excluding hydrogens is 665 g/mol. The monoisotopic (exact) mass is 729 g/mol. The maximum absolute atomic E-state index is 13.9. The normalized spacial score (nSPS) is 15.7. The summed E-state index contributed by atoms with van der Waals surface area (Å²) in [6, 6.07) is 6.07. The second-order valence-electron chi connectivity index (χ2n) is 14.4. The van der Waals surface area contributed by atoms with Crippen LogP contribution in [0.4, 0.5) is 4.39 Å². The van der Waals surface area contributed by atoms with E-state index in [0.29, 0.717) is 25.4 Å². The van der Waals surface area contributed by atoms with Crippen molar-refractivity contribution in [3.63, 3.8) is 0 Å². The summed E-state index contributed by atoms with van der Waals surface area (Å²) in [6.07, 6.45) is 15.9. The summed E-state index contributed by atoms with van der Waals surface area (Å²) in [5.74, 6) is 1.78. The van der Waals surface area contributed by atoms with Gasteiger partial charge in [-0.1, -0.05) is 75.7 Å². The highest BCUT2D eigenvalue weighted by molar-refractivity contribution is 5.90. The topological polar surface area (TPSA) is 109 Å². The molecule has 1 aromatic rings. The van der Waals surface area contributed by atoms with Crippen LogP contribution >= 0.6 is 0 Å². The van der Waals surface area contributed by atoms with E-state index in [1.807, 2.05) is 6.08 Å². The van der Waals surface area contributed by atoms with E-state index in [4.69, 9.17) is 23.7 Å². The van der Waals surface area contributed by atoms with E-state index in [1.165, 1.54) is 32.8 Å². The zero-order chi connectivity index (χ0) is 38.2. The average Bonchev–Trinajstić information content (AvgIpc) is 3.58. The van der Waals surface area contributed by atoms with Gasteiger partial charge in [0.25, 0.3) is 0 Å². The fraction of sp³-hybridized carbons (Fsp3) is 0.690. The number of rotatable bonds is 25. The van der Waals surface area contributed by atoms with Crippen LogP contribution in [0.5, 0.6) is 5.75 Å². The van der Waals surface area contributed by atoms with E-state index in [2.05, 4.69) is 24.1 Å². The van der Waals surface area contributed by atoms with Gasteiger partial charge in [-0.15, -0.1) is 5.92 Å². The number of unbranched alkanes of at least 4 members (excludes halogenated alkanes) is 8. The zero-order valence-corrected chi connectivity index (χ0v) is 32.6. The lowest BCUT2D eigenvalue weighted by Crippen LogP contribution is -2.48. The standard InChI is InChI=1S/C42H64FNO8/c1-7-9-11-15-18-26-42(50-30-31-51-42)27-19-16-13-12-14-17-20-35(36(25-28-43)39(46)52-41(3,4)5)38(45)44-37(40(47)48-6)32-33-21-23-34(24-22-33)49-29-10-8-2/h17,20-24,35-37H,7,9,11-16,18-19,25-32H2,1-6H3,(H,44,45)/b20-17+/t35-,36+,37-/m0/s1. The predicted octanol–water partition coefficient (Wildman–Crippen LogP) is 8.22. The molecule has 0 spiro atoms. The largest absolute Gasteiger partial charge is 0.481 e. The SMILES string of the molecule is CC#CCOc1ccc(C[C@H](NC(=O)[C@@H](/C=C/CCCCCCC2(CCCCCCC)OCCO2)[C@@H](CCF)C(=O)OC(C)(C)C)C(=O)OC)cc1. The zero-order valence-electron chi connectivity index (χ0n) is 32.6. The first-order valence-corrected chi connectivity index (χ1v) is 19.2. The molecule has 0 aliphatic carbocycles. The van der Waals surface area contributed by atoms with Gasteiger partial charge in [0.2, 0.25) is 5.91 Å². The molecule has 1 aromatic carbocycles. The van der Waals surface area contributed by atoms with Gasteiger partial charge >= 0.3 is 11.9 Å². The van der Waals surface area contributed by atoms with Crippen molar-refractivity contribution in [1.82, 2.24) is 5.32 Å². The van der Waals surface area contributed by atoms with Crippen LogP contribution in [0, 0.1) is 23.7 Å². The second kappa shape index (κ2) is 24.8. The van der Waals surface area contributed by atoms with Crippen molar-refractivity contribution in [3.05, 3.63) is 42.0 Å². The van der Waals surface area contributed by atoms with Crippen LogP contribution in [0.25, 0.3) is 0 Å². The number of alkyl halides is 1. The Labute approximate surface area is 312 Å². The lowest BCUT2D eigenvalue weighted by molar-refractivity contribution is -0.168. The van der Waals surface area contributed by atoms with Crippen molar-refractivity contribution in [2.75, 3.05) is 33.6 Å². The highest BCUT2D eigenvalue weighted by Crippen LogP contribution is 2.32. The number of hydrogen-bond donors (Lipinski definition) is 1. The quantitative estimate of drug-likeness (QED) is 0.0464. The Morgan fingerprint density at radius 3 is 2.17 bits per heavy atom. The number of esters is 2. The summed E-state index contributed by atoms with van der Waals surface area (Å²) in [5, 5.41) is 2.78. The van der Waals surface area contributed by atoms with Gasteiger partial charge in [-0.3, -0.25) is 14.0 Å². The molecule has 1 fully saturated rings. The molecule has 1 saturated heterocycles. The van der Waals surface area contributed by atoms with Crippen molar-refractivity contribution in [2.24, 2.45) is 11.8 Å². The van der Waals surface area contributed by atoms with Crippen LogP contribution in [0.2, 0.25) is 0 Å². The van der Waals surface area contributed by atoms with Gasteiger partial charge in [0.05, 0.1) is 38.8 Å². The molecule has 9 nitrogen and oxygen atoms in total. The minimum absolute atomic E-state index is 0.139. The maximum atomic E-state index is 13.9. The summed E-state index contributed by atoms with van der Waals surface area (Å²) < 4.78 is 42.2. The molecule has 1 N–H and O–H groups in total. The number of carbonyl (C=O) groups excluding carboxylic acids is 3. The van der Waals surface area contributed by atoms with Crippen molar-refractivity contribution < 1.29 is 42.5 Å². The Hall–Kier alpha value is -3.42. The first-order chi connectivity index (χ1) is 25.0. The van der Waals surface area contributed by atoms with Gasteiger partial charge in [-0.2, -0.15) is 0 Å². The number of carbonyl (C=O) groups is 3. The molecule has 1 heterocycles. The molecular formula is C42H64FNO8. The minimum Gasteiger partial charge on any atom is -0.481 e. The molecule has 292 valence electrons. The predicted molar refractivity (Wildman–Crippen MR) is 201 cm³/mol. The lowest BCUT2D eigenvalue weighted by atomic mass is 9.87. The third-order valence-corrected chi connectivity index (χ3v) is 9.02. The molecule has 2 rings (SSSR count). The van der Waals surface area contributed by atoms with E-state index < -0.39 is 53.8 Å². The number of hydrogen-bond acceptors (Lipinski definition) is 8. The summed E-state index contributed by atoms with van der Waals surface area (Å²) in [7, 11) is 1.25. The fourth-order valence-electron chi connectivity index (χ4n) is 6.26. The number of amides is 1. The van der Waals surface area contributed by atoms with Gasteiger partial charge < -0.3 is 29.0 Å². The second-order valence-corrected chi connectivity index (χ2v) is 14.4. The Morgan fingerprint density at radius 1 is 0.962 bits per heavy atom. The van der Waals surface area contributed by atoms with Crippen molar-refractivity contribution in [3.8, 4) is 17.6 Å². The highest BCUT2D eigenvalue weighted by atomic mass is 19.1. The van der Waals surface area contributed by atoms with Gasteiger partial charge in [-0.25, -0.2) is 4.79 Å². The van der Waals surface area contributed by atoms with E-state index in [0.717, 1.165) is 50.5 Å². The minimum atomic E-state index is -1.08. The van der Waals surface area contributed by atoms with Crippen LogP contribution in [0.15, 0.2) is 36.4 Å². The first kappa shape index (κ1) is 44.7. The highest BCUT2D eigenvalue weighted by Gasteiger charge is 2.37. The fourth-order valence-corrected chi connectivity index (χ4v) is 6.26. The van der Waals surface area contributed by atoms with Crippen LogP contribution in [-0.4, -0.2) is 68.9 Å². The summed E-state index contributed by atoms with van der Waals surface area (Å²) in [4.78, 5) is 40.0. The molecule has 52 heavy (non-hydrogen) atoms. The van der Waals surface area contributed by atoms with E-state index in [-0.39, 0.29) is 19.4 Å². The molecule has 0 aromatic heterocycles. The lowest BCUT2D eigenvalue weighted by Gasteiger charge is -2.28. The molecule has 10 heteroatoms. The third-order valence-electron chi connectivity index (χ3n) is 9.02. The number of nitrogens with one attached hydrogen (secondary N) is 1. The Kier molecular flexibility index (Phi) is 21.3. The number of benzene rings is 1. The van der Waals surface area contributed by atoms with Gasteiger partial charge in [0, 0.05) is 19.3 Å². The average molecular weight is 730 g/mol. The molecule has 0 radical (unpaired) electrons. The molecule has 1 aliphatic heterocycles. The smallest absolute Gasteiger partial charge is 0.328 e. The number of ether oxygens (including phenoxy) is 5. The van der Waals surface area contributed by atoms with Crippen molar-refractivity contribution in [2.45, 2.75) is 142 Å². The molecule has 0 saturated carbocycles. The van der Waals surface area contributed by atoms with E-state index in [9.17, 15) is 18.8 Å². The number of allylic oxidation sites excluding steroid dienone is 1. The van der Waals surface area contributed by atoms with E-state index >= 15 is 0 Å². The first-order valence-electron chi connectivity index (χ1n) is 19.2. The van der Waals surface area contributed by atoms with Crippen LogP contribution in [0.1, 0.15) is 124 Å². The third kappa shape index (κ3) is 17.4.